The number of ketones is 1. The van der Waals surface area contributed by atoms with Gasteiger partial charge in [-0.2, -0.15) is 0 Å². The first-order chi connectivity index (χ1) is 9.04. The van der Waals surface area contributed by atoms with E-state index in [4.69, 9.17) is 0 Å². The molecule has 0 saturated heterocycles. The van der Waals surface area contributed by atoms with Crippen LogP contribution in [0, 0.1) is 11.8 Å². The molecule has 0 fully saturated rings. The second-order valence-corrected chi connectivity index (χ2v) is 4.89. The van der Waals surface area contributed by atoms with Crippen LogP contribution < -0.4 is 4.90 Å². The lowest BCUT2D eigenvalue weighted by molar-refractivity contribution is -0.130. The van der Waals surface area contributed by atoms with Crippen LogP contribution in [0.4, 0.5) is 5.69 Å². The van der Waals surface area contributed by atoms with Crippen LogP contribution in [0.2, 0.25) is 0 Å². The van der Waals surface area contributed by atoms with Crippen molar-refractivity contribution in [3.63, 3.8) is 0 Å². The van der Waals surface area contributed by atoms with Crippen LogP contribution in [0.25, 0.3) is 0 Å². The Balaban J connectivity index is 2.22. The first kappa shape index (κ1) is 11.9. The van der Waals surface area contributed by atoms with Gasteiger partial charge in [0.2, 0.25) is 11.4 Å². The molecule has 4 nitrogen and oxygen atoms in total. The van der Waals surface area contributed by atoms with E-state index in [1.807, 2.05) is 12.1 Å². The van der Waals surface area contributed by atoms with Crippen LogP contribution in [0.15, 0.2) is 18.2 Å². The van der Waals surface area contributed by atoms with Crippen LogP contribution in [0.5, 0.6) is 0 Å². The third-order valence-corrected chi connectivity index (χ3v) is 3.58. The summed E-state index contributed by atoms with van der Waals surface area (Å²) >= 11 is 0. The molecule has 0 bridgehead atoms. The number of nitrogens with zero attached hydrogens (tertiary/aromatic N) is 1. The quantitative estimate of drug-likeness (QED) is 0.550. The Morgan fingerprint density at radius 1 is 1.47 bits per heavy atom. The van der Waals surface area contributed by atoms with Crippen molar-refractivity contribution in [3.8, 4) is 11.8 Å². The molecule has 0 unspecified atom stereocenters. The molecule has 2 aliphatic rings. The summed E-state index contributed by atoms with van der Waals surface area (Å²) < 4.78 is 0. The summed E-state index contributed by atoms with van der Waals surface area (Å²) in [6.45, 7) is 1.90. The predicted molar refractivity (Wildman–Crippen MR) is 69.5 cm³/mol. The normalized spacial score (nSPS) is 23.7. The number of amides is 1. The highest BCUT2D eigenvalue weighted by molar-refractivity contribution is 6.10. The van der Waals surface area contributed by atoms with E-state index in [0.29, 0.717) is 12.1 Å². The number of aliphatic hydroxyl groups is 1. The molecule has 0 saturated carbocycles. The molecule has 1 amide bonds. The summed E-state index contributed by atoms with van der Waals surface area (Å²) in [4.78, 5) is 24.9. The van der Waals surface area contributed by atoms with Gasteiger partial charge in [-0.25, -0.2) is 0 Å². The summed E-state index contributed by atoms with van der Waals surface area (Å²) in [5.74, 6) is 3.94. The second kappa shape index (κ2) is 3.94. The highest BCUT2D eigenvalue weighted by Gasteiger charge is 2.50. The molecule has 3 rings (SSSR count). The molecule has 4 heteroatoms. The van der Waals surface area contributed by atoms with Gasteiger partial charge in [-0.1, -0.05) is 18.2 Å². The summed E-state index contributed by atoms with van der Waals surface area (Å²) in [6, 6.07) is 5.48. The predicted octanol–water partition coefficient (Wildman–Crippen LogP) is 0.759. The fourth-order valence-electron chi connectivity index (χ4n) is 2.76. The van der Waals surface area contributed by atoms with Gasteiger partial charge < -0.3 is 10.0 Å². The summed E-state index contributed by atoms with van der Waals surface area (Å²) in [7, 11) is 0. The van der Waals surface area contributed by atoms with Crippen LogP contribution >= 0.6 is 0 Å². The number of hydrogen-bond donors (Lipinski definition) is 1. The maximum atomic E-state index is 12.4. The SMILES string of the molecule is CC(=O)C#C[C@]1(O)C(=O)N2CCCc3cccc1c32. The average molecular weight is 255 g/mol. The first-order valence-electron chi connectivity index (χ1n) is 6.24. The van der Waals surface area contributed by atoms with Gasteiger partial charge >= 0.3 is 0 Å². The number of hydrogen-bond acceptors (Lipinski definition) is 3. The Hall–Kier alpha value is -2.12. The van der Waals surface area contributed by atoms with Gasteiger partial charge in [-0.3, -0.25) is 9.59 Å². The minimum absolute atomic E-state index is 0.368. The number of para-hydroxylation sites is 1. The van der Waals surface area contributed by atoms with Gasteiger partial charge in [-0.15, -0.1) is 0 Å². The number of rotatable bonds is 0. The van der Waals surface area contributed by atoms with E-state index in [1.54, 1.807) is 11.0 Å². The zero-order chi connectivity index (χ0) is 13.6. The van der Waals surface area contributed by atoms with Gasteiger partial charge in [0.1, 0.15) is 0 Å². The number of Topliss-reactive ketones (excluding diaryl/α,β-unsaturated/α-hetero) is 1. The third kappa shape index (κ3) is 1.59. The van der Waals surface area contributed by atoms with Crippen molar-refractivity contribution in [1.82, 2.24) is 0 Å². The topological polar surface area (TPSA) is 57.6 Å². The summed E-state index contributed by atoms with van der Waals surface area (Å²) in [5, 5.41) is 10.6. The number of aryl methyl sites for hydroxylation is 1. The van der Waals surface area contributed by atoms with Crippen molar-refractivity contribution in [1.29, 1.82) is 0 Å². The standard InChI is InChI=1S/C15H13NO3/c1-10(17)7-8-15(19)12-6-2-4-11-5-3-9-16(13(11)12)14(15)18/h2,4,6,19H,3,5,9H2,1H3/t15-/m1/s1. The lowest BCUT2D eigenvalue weighted by atomic mass is 9.93. The minimum atomic E-state index is -1.87. The fourth-order valence-corrected chi connectivity index (χ4v) is 2.76. The molecule has 0 radical (unpaired) electrons. The van der Waals surface area contributed by atoms with E-state index in [0.717, 1.165) is 24.1 Å². The van der Waals surface area contributed by atoms with Gasteiger partial charge in [0, 0.05) is 19.0 Å². The van der Waals surface area contributed by atoms with Gasteiger partial charge in [-0.05, 0) is 30.2 Å². The molecule has 0 spiro atoms. The van der Waals surface area contributed by atoms with E-state index in [9.17, 15) is 14.7 Å². The Morgan fingerprint density at radius 3 is 3.00 bits per heavy atom. The van der Waals surface area contributed by atoms with Crippen LogP contribution in [0.3, 0.4) is 0 Å². The van der Waals surface area contributed by atoms with Crippen molar-refractivity contribution in [2.45, 2.75) is 25.4 Å². The minimum Gasteiger partial charge on any atom is -0.366 e. The Morgan fingerprint density at radius 2 is 2.26 bits per heavy atom. The second-order valence-electron chi connectivity index (χ2n) is 4.89. The van der Waals surface area contributed by atoms with Gasteiger partial charge in [0.25, 0.3) is 5.91 Å². The molecule has 1 N–H and O–H groups in total. The van der Waals surface area contributed by atoms with E-state index in [1.165, 1.54) is 6.92 Å². The Labute approximate surface area is 111 Å². The van der Waals surface area contributed by atoms with E-state index in [-0.39, 0.29) is 5.78 Å². The number of benzene rings is 1. The molecule has 0 aromatic heterocycles. The van der Waals surface area contributed by atoms with Crippen molar-refractivity contribution < 1.29 is 14.7 Å². The molecule has 1 aromatic rings. The van der Waals surface area contributed by atoms with Crippen LogP contribution in [0.1, 0.15) is 24.5 Å². The molecular formula is C15H13NO3. The summed E-state index contributed by atoms with van der Waals surface area (Å²) in [5.41, 5.74) is 0.460. The molecule has 2 aliphatic heterocycles. The highest BCUT2D eigenvalue weighted by atomic mass is 16.3. The van der Waals surface area contributed by atoms with Gasteiger partial charge in [0.15, 0.2) is 0 Å². The number of carbonyl (C=O) groups is 2. The monoisotopic (exact) mass is 255 g/mol. The van der Waals surface area contributed by atoms with E-state index in [2.05, 4.69) is 11.8 Å². The van der Waals surface area contributed by atoms with Crippen LogP contribution in [-0.2, 0) is 21.6 Å². The van der Waals surface area contributed by atoms with Crippen molar-refractivity contribution in [3.05, 3.63) is 29.3 Å². The molecule has 96 valence electrons. The fraction of sp³-hybridized carbons (Fsp3) is 0.333. The van der Waals surface area contributed by atoms with E-state index >= 15 is 0 Å². The average Bonchev–Trinajstić information content (AvgIpc) is 2.62. The maximum Gasteiger partial charge on any atom is 0.276 e. The maximum absolute atomic E-state index is 12.4. The van der Waals surface area contributed by atoms with Crippen LogP contribution in [-0.4, -0.2) is 23.3 Å². The number of carbonyl (C=O) groups excluding carboxylic acids is 2. The zero-order valence-corrected chi connectivity index (χ0v) is 10.6. The molecule has 1 aromatic carbocycles. The molecule has 19 heavy (non-hydrogen) atoms. The van der Waals surface area contributed by atoms with E-state index < -0.39 is 11.5 Å². The highest BCUT2D eigenvalue weighted by Crippen LogP contribution is 2.44. The lowest BCUT2D eigenvalue weighted by Gasteiger charge is -2.24. The summed E-state index contributed by atoms with van der Waals surface area (Å²) in [6.07, 6.45) is 1.77. The largest absolute Gasteiger partial charge is 0.366 e. The molecule has 2 heterocycles. The van der Waals surface area contributed by atoms with Crippen molar-refractivity contribution in [2.24, 2.45) is 0 Å². The van der Waals surface area contributed by atoms with Gasteiger partial charge in [0.05, 0.1) is 5.69 Å². The molecule has 0 aliphatic carbocycles. The Bertz CT molecular complexity index is 653. The van der Waals surface area contributed by atoms with Crippen molar-refractivity contribution >= 4 is 17.4 Å². The Kier molecular flexibility index (Phi) is 2.48. The third-order valence-electron chi connectivity index (χ3n) is 3.58. The first-order valence-corrected chi connectivity index (χ1v) is 6.24. The molecular weight excluding hydrogens is 242 g/mol. The molecule has 1 atom stereocenters. The van der Waals surface area contributed by atoms with Crippen molar-refractivity contribution in [2.75, 3.05) is 11.4 Å². The number of anilines is 1. The zero-order valence-electron chi connectivity index (χ0n) is 10.6. The lowest BCUT2D eigenvalue weighted by Crippen LogP contribution is -2.40. The smallest absolute Gasteiger partial charge is 0.276 e.